The van der Waals surface area contributed by atoms with E-state index in [4.69, 9.17) is 5.11 Å². The van der Waals surface area contributed by atoms with Crippen molar-refractivity contribution in [2.24, 2.45) is 5.41 Å². The minimum Gasteiger partial charge on any atom is -0.396 e. The van der Waals surface area contributed by atoms with E-state index < -0.39 is 10.0 Å². The summed E-state index contributed by atoms with van der Waals surface area (Å²) in [4.78, 5) is 0. The van der Waals surface area contributed by atoms with Crippen LogP contribution >= 0.6 is 0 Å². The Labute approximate surface area is 95.1 Å². The zero-order chi connectivity index (χ0) is 12.2. The SMILES string of the molecule is CC(C)(CCO)CNS(=O)(=O)c1ccn[nH]1. The van der Waals surface area contributed by atoms with Gasteiger partial charge in [-0.15, -0.1) is 0 Å². The Kier molecular flexibility index (Phi) is 4.06. The second-order valence-corrected chi connectivity index (χ2v) is 6.12. The van der Waals surface area contributed by atoms with Gasteiger partial charge in [0.1, 0.15) is 0 Å². The number of nitrogens with one attached hydrogen (secondary N) is 2. The molecule has 16 heavy (non-hydrogen) atoms. The van der Waals surface area contributed by atoms with Crippen LogP contribution in [0, 0.1) is 5.41 Å². The topological polar surface area (TPSA) is 95.1 Å². The zero-order valence-corrected chi connectivity index (χ0v) is 10.2. The molecular formula is C9H17N3O3S. The van der Waals surface area contributed by atoms with Crippen LogP contribution in [0.1, 0.15) is 20.3 Å². The quantitative estimate of drug-likeness (QED) is 0.664. The molecule has 92 valence electrons. The number of aliphatic hydroxyl groups excluding tert-OH is 1. The molecule has 0 aromatic carbocycles. The van der Waals surface area contributed by atoms with Crippen LogP contribution in [0.15, 0.2) is 17.3 Å². The fourth-order valence-corrected chi connectivity index (χ4v) is 2.30. The smallest absolute Gasteiger partial charge is 0.257 e. The number of rotatable bonds is 6. The average Bonchev–Trinajstić information content (AvgIpc) is 2.68. The first kappa shape index (κ1) is 13.1. The molecule has 1 heterocycles. The average molecular weight is 247 g/mol. The maximum Gasteiger partial charge on any atom is 0.257 e. The molecule has 0 bridgehead atoms. The van der Waals surface area contributed by atoms with Gasteiger partial charge in [-0.05, 0) is 17.9 Å². The van der Waals surface area contributed by atoms with Crippen molar-refractivity contribution in [3.8, 4) is 0 Å². The molecular weight excluding hydrogens is 230 g/mol. The van der Waals surface area contributed by atoms with E-state index in [1.54, 1.807) is 0 Å². The summed E-state index contributed by atoms with van der Waals surface area (Å²) in [5.41, 5.74) is -0.276. The van der Waals surface area contributed by atoms with E-state index in [1.807, 2.05) is 13.8 Å². The highest BCUT2D eigenvalue weighted by molar-refractivity contribution is 7.89. The Balaban J connectivity index is 2.62. The summed E-state index contributed by atoms with van der Waals surface area (Å²) >= 11 is 0. The predicted molar refractivity (Wildman–Crippen MR) is 59.3 cm³/mol. The second kappa shape index (κ2) is 4.94. The van der Waals surface area contributed by atoms with Crippen LogP contribution in [-0.2, 0) is 10.0 Å². The lowest BCUT2D eigenvalue weighted by Gasteiger charge is -2.23. The molecule has 0 radical (unpaired) electrons. The number of H-pyrrole nitrogens is 1. The highest BCUT2D eigenvalue weighted by Crippen LogP contribution is 2.19. The van der Waals surface area contributed by atoms with Crippen molar-refractivity contribution in [3.05, 3.63) is 12.3 Å². The summed E-state index contributed by atoms with van der Waals surface area (Å²) in [6.45, 7) is 4.09. The first-order valence-corrected chi connectivity index (χ1v) is 6.46. The Morgan fingerprint density at radius 3 is 2.75 bits per heavy atom. The van der Waals surface area contributed by atoms with Crippen molar-refractivity contribution < 1.29 is 13.5 Å². The first-order valence-electron chi connectivity index (χ1n) is 4.97. The van der Waals surface area contributed by atoms with Crippen molar-refractivity contribution >= 4 is 10.0 Å². The van der Waals surface area contributed by atoms with Crippen LogP contribution in [0.25, 0.3) is 0 Å². The maximum atomic E-state index is 11.7. The fraction of sp³-hybridized carbons (Fsp3) is 0.667. The third-order valence-electron chi connectivity index (χ3n) is 2.29. The molecule has 0 unspecified atom stereocenters. The van der Waals surface area contributed by atoms with Crippen LogP contribution in [0.4, 0.5) is 0 Å². The van der Waals surface area contributed by atoms with Gasteiger partial charge in [-0.25, -0.2) is 13.1 Å². The van der Waals surface area contributed by atoms with E-state index in [-0.39, 0.29) is 23.6 Å². The highest BCUT2D eigenvalue weighted by Gasteiger charge is 2.22. The lowest BCUT2D eigenvalue weighted by molar-refractivity contribution is 0.213. The third kappa shape index (κ3) is 3.58. The van der Waals surface area contributed by atoms with E-state index >= 15 is 0 Å². The summed E-state index contributed by atoms with van der Waals surface area (Å²) in [7, 11) is -3.52. The molecule has 0 atom stereocenters. The Morgan fingerprint density at radius 1 is 1.56 bits per heavy atom. The number of hydrogen-bond donors (Lipinski definition) is 3. The Hall–Kier alpha value is -0.920. The Bertz CT molecular complexity index is 411. The van der Waals surface area contributed by atoms with Crippen molar-refractivity contribution in [3.63, 3.8) is 0 Å². The Morgan fingerprint density at radius 2 is 2.25 bits per heavy atom. The van der Waals surface area contributed by atoms with Gasteiger partial charge in [0, 0.05) is 13.2 Å². The number of aromatic nitrogens is 2. The van der Waals surface area contributed by atoms with Gasteiger partial charge in [0.25, 0.3) is 10.0 Å². The monoisotopic (exact) mass is 247 g/mol. The van der Waals surface area contributed by atoms with Gasteiger partial charge < -0.3 is 5.11 Å². The van der Waals surface area contributed by atoms with Gasteiger partial charge in [-0.1, -0.05) is 13.8 Å². The standard InChI is InChI=1S/C9H17N3O3S/c1-9(2,4-6-13)7-11-16(14,15)8-3-5-10-12-8/h3,5,11,13H,4,6-7H2,1-2H3,(H,10,12). The van der Waals surface area contributed by atoms with Gasteiger partial charge in [0.15, 0.2) is 5.03 Å². The molecule has 0 saturated carbocycles. The molecule has 3 N–H and O–H groups in total. The lowest BCUT2D eigenvalue weighted by Crippen LogP contribution is -2.34. The zero-order valence-electron chi connectivity index (χ0n) is 9.40. The van der Waals surface area contributed by atoms with E-state index in [1.165, 1.54) is 12.3 Å². The van der Waals surface area contributed by atoms with Crippen LogP contribution < -0.4 is 4.72 Å². The van der Waals surface area contributed by atoms with Gasteiger partial charge in [-0.3, -0.25) is 5.10 Å². The predicted octanol–water partition coefficient (Wildman–Crippen LogP) is 0.0966. The van der Waals surface area contributed by atoms with Crippen LogP contribution in [0.5, 0.6) is 0 Å². The van der Waals surface area contributed by atoms with Gasteiger partial charge >= 0.3 is 0 Å². The molecule has 0 aliphatic heterocycles. The van der Waals surface area contributed by atoms with Crippen LogP contribution in [0.3, 0.4) is 0 Å². The molecule has 0 amide bonds. The van der Waals surface area contributed by atoms with E-state index in [9.17, 15) is 8.42 Å². The molecule has 0 aliphatic carbocycles. The summed E-state index contributed by atoms with van der Waals surface area (Å²) in [6, 6.07) is 1.39. The number of aromatic amines is 1. The molecule has 0 spiro atoms. The van der Waals surface area contributed by atoms with Crippen molar-refractivity contribution in [1.82, 2.24) is 14.9 Å². The molecule has 1 aromatic rings. The summed E-state index contributed by atoms with van der Waals surface area (Å²) in [6.07, 6.45) is 1.92. The van der Waals surface area contributed by atoms with Crippen LogP contribution in [0.2, 0.25) is 0 Å². The molecule has 1 rings (SSSR count). The molecule has 6 nitrogen and oxygen atoms in total. The molecule has 1 aromatic heterocycles. The molecule has 0 fully saturated rings. The van der Waals surface area contributed by atoms with Crippen molar-refractivity contribution in [2.75, 3.05) is 13.2 Å². The summed E-state index contributed by atoms with van der Waals surface area (Å²) < 4.78 is 25.9. The largest absolute Gasteiger partial charge is 0.396 e. The van der Waals surface area contributed by atoms with E-state index in [0.29, 0.717) is 6.42 Å². The van der Waals surface area contributed by atoms with Crippen LogP contribution in [-0.4, -0.2) is 36.9 Å². The normalized spacial score (nSPS) is 12.9. The second-order valence-electron chi connectivity index (χ2n) is 4.38. The van der Waals surface area contributed by atoms with Gasteiger partial charge in [0.2, 0.25) is 0 Å². The molecule has 0 aliphatic rings. The minimum absolute atomic E-state index is 0.0405. The number of nitrogens with zero attached hydrogens (tertiary/aromatic N) is 1. The molecule has 0 saturated heterocycles. The maximum absolute atomic E-state index is 11.7. The number of aliphatic hydroxyl groups is 1. The summed E-state index contributed by atoms with van der Waals surface area (Å²) in [5.74, 6) is 0. The number of hydrogen-bond acceptors (Lipinski definition) is 4. The van der Waals surface area contributed by atoms with Gasteiger partial charge in [0.05, 0.1) is 6.20 Å². The third-order valence-corrected chi connectivity index (χ3v) is 3.62. The highest BCUT2D eigenvalue weighted by atomic mass is 32.2. The fourth-order valence-electron chi connectivity index (χ4n) is 1.15. The molecule has 7 heteroatoms. The van der Waals surface area contributed by atoms with Crippen molar-refractivity contribution in [2.45, 2.75) is 25.3 Å². The minimum atomic E-state index is -3.52. The van der Waals surface area contributed by atoms with Gasteiger partial charge in [-0.2, -0.15) is 5.10 Å². The van der Waals surface area contributed by atoms with E-state index in [2.05, 4.69) is 14.9 Å². The first-order chi connectivity index (χ1) is 7.37. The van der Waals surface area contributed by atoms with E-state index in [0.717, 1.165) is 0 Å². The number of sulfonamides is 1. The summed E-state index contributed by atoms with van der Waals surface area (Å²) in [5, 5.41) is 14.9. The van der Waals surface area contributed by atoms with Crippen molar-refractivity contribution in [1.29, 1.82) is 0 Å². The lowest BCUT2D eigenvalue weighted by atomic mass is 9.90.